The van der Waals surface area contributed by atoms with Gasteiger partial charge >= 0.3 is 0 Å². The largest absolute Gasteiger partial charge is 0.508 e. The molecule has 0 unspecified atom stereocenters. The molecule has 0 aliphatic rings. The van der Waals surface area contributed by atoms with Crippen LogP contribution in [-0.2, 0) is 0 Å². The second-order valence-electron chi connectivity index (χ2n) is 7.88. The van der Waals surface area contributed by atoms with Crippen LogP contribution in [0.3, 0.4) is 0 Å². The first-order chi connectivity index (χ1) is 17.4. The molecule has 3 aromatic carbocycles. The number of aryl methyl sites for hydroxylation is 1. The number of methoxy groups -OCH3 is 1. The molecule has 0 heterocycles. The molecule has 9 heteroatoms. The number of nitrogens with zero attached hydrogens (tertiary/aromatic N) is 4. The van der Waals surface area contributed by atoms with Gasteiger partial charge in [-0.2, -0.15) is 5.10 Å². The van der Waals surface area contributed by atoms with Gasteiger partial charge in [0, 0.05) is 17.8 Å². The highest BCUT2D eigenvalue weighted by Gasteiger charge is 2.09. The van der Waals surface area contributed by atoms with Gasteiger partial charge in [0.05, 0.1) is 19.0 Å². The first kappa shape index (κ1) is 26.4. The Labute approximate surface area is 216 Å². The van der Waals surface area contributed by atoms with Gasteiger partial charge in [0.2, 0.25) is 0 Å². The van der Waals surface area contributed by atoms with Crippen molar-refractivity contribution in [3.63, 3.8) is 0 Å². The number of anilines is 1. The van der Waals surface area contributed by atoms with E-state index < -0.39 is 0 Å². The van der Waals surface area contributed by atoms with E-state index in [0.29, 0.717) is 23.2 Å². The molecule has 0 atom stereocenters. The van der Waals surface area contributed by atoms with Crippen LogP contribution in [0.2, 0.25) is 0 Å². The summed E-state index contributed by atoms with van der Waals surface area (Å²) in [7, 11) is 1.64. The summed E-state index contributed by atoms with van der Waals surface area (Å²) in [5.74, 6) is 1.32. The zero-order valence-corrected chi connectivity index (χ0v) is 21.4. The second-order valence-corrected chi connectivity index (χ2v) is 8.26. The van der Waals surface area contributed by atoms with Crippen molar-refractivity contribution in [1.82, 2.24) is 5.01 Å². The van der Waals surface area contributed by atoms with Crippen LogP contribution in [0.25, 0.3) is 0 Å². The molecule has 0 amide bonds. The minimum absolute atomic E-state index is 0.184. The monoisotopic (exact) mass is 502 g/mol. The van der Waals surface area contributed by atoms with Crippen LogP contribution >= 0.6 is 12.2 Å². The Morgan fingerprint density at radius 3 is 2.47 bits per heavy atom. The van der Waals surface area contributed by atoms with Gasteiger partial charge in [-0.3, -0.25) is 0 Å². The molecule has 0 radical (unpaired) electrons. The van der Waals surface area contributed by atoms with Crippen LogP contribution in [0.5, 0.6) is 11.5 Å². The molecule has 8 nitrogen and oxygen atoms in total. The van der Waals surface area contributed by atoms with E-state index in [-0.39, 0.29) is 5.75 Å². The average Bonchev–Trinajstić information content (AvgIpc) is 2.89. The first-order valence-corrected chi connectivity index (χ1v) is 11.8. The molecule has 0 saturated heterocycles. The van der Waals surface area contributed by atoms with Gasteiger partial charge in [-0.05, 0) is 79.2 Å². The highest BCUT2D eigenvalue weighted by molar-refractivity contribution is 7.80. The normalized spacial score (nSPS) is 11.7. The first-order valence-electron chi connectivity index (χ1n) is 11.4. The lowest BCUT2D eigenvalue weighted by Crippen LogP contribution is -2.31. The second kappa shape index (κ2) is 13.0. The Balaban J connectivity index is 1.64. The number of rotatable bonds is 9. The maximum Gasteiger partial charge on any atom is 0.194 e. The van der Waals surface area contributed by atoms with Crippen molar-refractivity contribution in [2.45, 2.75) is 20.3 Å². The van der Waals surface area contributed by atoms with Crippen molar-refractivity contribution < 1.29 is 9.84 Å². The fourth-order valence-corrected chi connectivity index (χ4v) is 3.40. The Morgan fingerprint density at radius 2 is 1.83 bits per heavy atom. The molecule has 0 spiro atoms. The lowest BCUT2D eigenvalue weighted by molar-refractivity contribution is 0.414. The standard InChI is InChI=1S/C27H30N6O2S/c1-4-15-33(27(36)32-25-14-13-24(35-3)16-19(25)2)31-17-20-5-7-21(8-6-20)26(28)30-18-29-22-9-11-23(34)12-10-22/h5-14,16-18,34H,4,15H2,1-3H3,(H,32,36)(H2,28,29,30)/b31-17+. The number of phenols is 1. The maximum absolute atomic E-state index is 9.33. The Kier molecular flexibility index (Phi) is 9.53. The van der Waals surface area contributed by atoms with Crippen LogP contribution in [-0.4, -0.2) is 47.3 Å². The summed E-state index contributed by atoms with van der Waals surface area (Å²) in [6, 6.07) is 19.8. The van der Waals surface area contributed by atoms with Crippen molar-refractivity contribution in [2.24, 2.45) is 20.8 Å². The van der Waals surface area contributed by atoms with Crippen molar-refractivity contribution in [1.29, 1.82) is 0 Å². The summed E-state index contributed by atoms with van der Waals surface area (Å²) in [4.78, 5) is 8.39. The number of phenolic OH excluding ortho intramolecular Hbond substituents is 1. The van der Waals surface area contributed by atoms with Crippen LogP contribution < -0.4 is 15.8 Å². The van der Waals surface area contributed by atoms with Gasteiger partial charge in [-0.15, -0.1) is 0 Å². The molecule has 4 N–H and O–H groups in total. The summed E-state index contributed by atoms with van der Waals surface area (Å²) in [5.41, 5.74) is 10.3. The predicted octanol–water partition coefficient (Wildman–Crippen LogP) is 5.22. The fraction of sp³-hybridized carbons (Fsp3) is 0.185. The molecule has 0 fully saturated rings. The zero-order valence-electron chi connectivity index (χ0n) is 20.5. The number of aromatic hydroxyl groups is 1. The van der Waals surface area contributed by atoms with E-state index in [4.69, 9.17) is 22.7 Å². The van der Waals surface area contributed by atoms with Gasteiger partial charge in [0.1, 0.15) is 23.7 Å². The zero-order chi connectivity index (χ0) is 25.9. The highest BCUT2D eigenvalue weighted by Crippen LogP contribution is 2.21. The van der Waals surface area contributed by atoms with E-state index in [0.717, 1.165) is 34.5 Å². The third kappa shape index (κ3) is 7.64. The molecule has 3 aromatic rings. The quantitative estimate of drug-likeness (QED) is 0.160. The number of nitrogens with two attached hydrogens (primary N) is 1. The molecular weight excluding hydrogens is 472 g/mol. The summed E-state index contributed by atoms with van der Waals surface area (Å²) in [6.07, 6.45) is 4.03. The summed E-state index contributed by atoms with van der Waals surface area (Å²) < 4.78 is 5.27. The Morgan fingerprint density at radius 1 is 1.11 bits per heavy atom. The lowest BCUT2D eigenvalue weighted by atomic mass is 10.1. The number of ether oxygens (including phenoxy) is 1. The SMILES string of the molecule is CCCN(/N=C/c1ccc(C(N)=NC=Nc2ccc(O)cc2)cc1)C(=S)Nc1ccc(OC)cc1C. The van der Waals surface area contributed by atoms with E-state index in [1.165, 1.54) is 6.34 Å². The van der Waals surface area contributed by atoms with Gasteiger partial charge < -0.3 is 20.9 Å². The minimum atomic E-state index is 0.184. The van der Waals surface area contributed by atoms with Crippen LogP contribution in [0.15, 0.2) is 81.8 Å². The highest BCUT2D eigenvalue weighted by atomic mass is 32.1. The number of nitrogens with one attached hydrogen (secondary N) is 1. The summed E-state index contributed by atoms with van der Waals surface area (Å²) >= 11 is 5.61. The minimum Gasteiger partial charge on any atom is -0.508 e. The van der Waals surface area contributed by atoms with Gasteiger partial charge in [-0.25, -0.2) is 15.0 Å². The van der Waals surface area contributed by atoms with Crippen LogP contribution in [0, 0.1) is 6.92 Å². The molecule has 186 valence electrons. The van der Waals surface area contributed by atoms with Gasteiger partial charge in [0.15, 0.2) is 5.11 Å². The molecule has 3 rings (SSSR count). The molecule has 36 heavy (non-hydrogen) atoms. The Hall–Kier alpha value is -4.24. The molecule has 0 aromatic heterocycles. The number of hydrazone groups is 1. The van der Waals surface area contributed by atoms with Crippen LogP contribution in [0.4, 0.5) is 11.4 Å². The summed E-state index contributed by atoms with van der Waals surface area (Å²) in [6.45, 7) is 4.75. The van der Waals surface area contributed by atoms with E-state index in [9.17, 15) is 5.11 Å². The Bertz CT molecular complexity index is 1250. The third-order valence-electron chi connectivity index (χ3n) is 5.15. The summed E-state index contributed by atoms with van der Waals surface area (Å²) in [5, 5.41) is 19.5. The topological polar surface area (TPSA) is 108 Å². The molecule has 0 aliphatic carbocycles. The number of amidine groups is 1. The predicted molar refractivity (Wildman–Crippen MR) is 152 cm³/mol. The van der Waals surface area contributed by atoms with Crippen molar-refractivity contribution in [3.05, 3.63) is 83.4 Å². The van der Waals surface area contributed by atoms with Gasteiger partial charge in [0.25, 0.3) is 0 Å². The number of hydrogen-bond donors (Lipinski definition) is 3. The van der Waals surface area contributed by atoms with Crippen molar-refractivity contribution >= 4 is 47.1 Å². The molecule has 0 aliphatic heterocycles. The number of thiocarbonyl (C=S) groups is 1. The smallest absolute Gasteiger partial charge is 0.194 e. The maximum atomic E-state index is 9.33. The van der Waals surface area contributed by atoms with Crippen molar-refractivity contribution in [3.8, 4) is 11.5 Å². The van der Waals surface area contributed by atoms with E-state index in [2.05, 4.69) is 27.3 Å². The number of benzene rings is 3. The van der Waals surface area contributed by atoms with E-state index in [1.807, 2.05) is 49.4 Å². The van der Waals surface area contributed by atoms with E-state index in [1.54, 1.807) is 42.6 Å². The third-order valence-corrected chi connectivity index (χ3v) is 5.46. The fourth-order valence-electron chi connectivity index (χ4n) is 3.15. The molecular formula is C27H30N6O2S. The van der Waals surface area contributed by atoms with Crippen molar-refractivity contribution in [2.75, 3.05) is 19.0 Å². The molecule has 0 bridgehead atoms. The van der Waals surface area contributed by atoms with Crippen LogP contribution in [0.1, 0.15) is 30.0 Å². The lowest BCUT2D eigenvalue weighted by Gasteiger charge is -2.21. The average molecular weight is 503 g/mol. The van der Waals surface area contributed by atoms with E-state index >= 15 is 0 Å². The number of hydrogen-bond acceptors (Lipinski definition) is 5. The van der Waals surface area contributed by atoms with Gasteiger partial charge in [-0.1, -0.05) is 31.2 Å². The molecule has 0 saturated carbocycles. The number of aliphatic imine (C=N–C) groups is 2.